The zero-order valence-electron chi connectivity index (χ0n) is 13.5. The Labute approximate surface area is 138 Å². The number of rotatable bonds is 7. The normalized spacial score (nSPS) is 11.1. The third kappa shape index (κ3) is 3.47. The zero-order valence-corrected chi connectivity index (χ0v) is 13.5. The topological polar surface area (TPSA) is 119 Å². The minimum absolute atomic E-state index is 0.157. The molecule has 0 radical (unpaired) electrons. The summed E-state index contributed by atoms with van der Waals surface area (Å²) in [6.07, 6.45) is 7.48. The van der Waals surface area contributed by atoms with Crippen molar-refractivity contribution in [3.8, 4) is 5.95 Å². The van der Waals surface area contributed by atoms with Crippen LogP contribution >= 0.6 is 0 Å². The van der Waals surface area contributed by atoms with E-state index >= 15 is 0 Å². The first-order chi connectivity index (χ1) is 11.6. The number of aryl methyl sites for hydroxylation is 1. The Hall–Kier alpha value is -3.04. The van der Waals surface area contributed by atoms with Crippen LogP contribution in [-0.4, -0.2) is 51.9 Å². The molecule has 126 valence electrons. The van der Waals surface area contributed by atoms with Gasteiger partial charge in [-0.1, -0.05) is 13.8 Å². The number of hydrogen-bond acceptors (Lipinski definition) is 6. The molecular weight excluding hydrogens is 310 g/mol. The molecule has 10 nitrogen and oxygen atoms in total. The Kier molecular flexibility index (Phi) is 4.64. The molecule has 0 aliphatic heterocycles. The maximum Gasteiger partial charge on any atom is 0.288 e. The molecule has 0 bridgehead atoms. The molecule has 3 heterocycles. The van der Waals surface area contributed by atoms with Crippen molar-refractivity contribution < 1.29 is 4.79 Å². The van der Waals surface area contributed by atoms with Crippen LogP contribution in [0, 0.1) is 0 Å². The van der Waals surface area contributed by atoms with Crippen molar-refractivity contribution >= 4 is 5.91 Å². The van der Waals surface area contributed by atoms with Crippen LogP contribution in [0.4, 0.5) is 0 Å². The molecule has 0 saturated heterocycles. The van der Waals surface area contributed by atoms with Crippen LogP contribution in [0.3, 0.4) is 0 Å². The molecular formula is C14H19N9O. The third-order valence-electron chi connectivity index (χ3n) is 3.46. The highest BCUT2D eigenvalue weighted by Gasteiger charge is 2.12. The monoisotopic (exact) mass is 329 g/mol. The van der Waals surface area contributed by atoms with E-state index in [2.05, 4.69) is 54.1 Å². The maximum atomic E-state index is 12.1. The molecule has 1 amide bonds. The van der Waals surface area contributed by atoms with Gasteiger partial charge in [-0.2, -0.15) is 4.98 Å². The Bertz CT molecular complexity index is 787. The number of aromatic amines is 1. The number of nitrogens with one attached hydrogen (secondary N) is 2. The minimum Gasteiger partial charge on any atom is -0.349 e. The number of carbonyl (C=O) groups is 1. The van der Waals surface area contributed by atoms with Crippen LogP contribution < -0.4 is 5.32 Å². The second kappa shape index (κ2) is 7.02. The molecule has 2 N–H and O–H groups in total. The van der Waals surface area contributed by atoms with Gasteiger partial charge in [0.2, 0.25) is 5.82 Å². The van der Waals surface area contributed by atoms with Crippen molar-refractivity contribution in [1.29, 1.82) is 0 Å². The third-order valence-corrected chi connectivity index (χ3v) is 3.46. The van der Waals surface area contributed by atoms with Gasteiger partial charge in [-0.15, -0.1) is 15.3 Å². The molecule has 0 aliphatic carbocycles. The molecule has 0 unspecified atom stereocenters. The highest BCUT2D eigenvalue weighted by Crippen LogP contribution is 2.11. The highest BCUT2D eigenvalue weighted by atomic mass is 16.2. The quantitative estimate of drug-likeness (QED) is 0.610. The molecule has 0 atom stereocenters. The summed E-state index contributed by atoms with van der Waals surface area (Å²) >= 11 is 0. The standard InChI is InChI=1S/C14H19N9O/c1-10(2)12-15-5-7-22(12)6-3-4-16-13(24)11-19-14(21-20-11)23-8-17-18-9-23/h5,7-10H,3-4,6H2,1-2H3,(H,16,24)(H,19,20,21). The first-order valence-corrected chi connectivity index (χ1v) is 7.72. The Morgan fingerprint density at radius 3 is 2.88 bits per heavy atom. The first-order valence-electron chi connectivity index (χ1n) is 7.72. The summed E-state index contributed by atoms with van der Waals surface area (Å²) < 4.78 is 3.62. The molecule has 3 aromatic heterocycles. The van der Waals surface area contributed by atoms with Crippen molar-refractivity contribution in [3.63, 3.8) is 0 Å². The van der Waals surface area contributed by atoms with E-state index in [1.54, 1.807) is 6.20 Å². The van der Waals surface area contributed by atoms with Gasteiger partial charge in [0.1, 0.15) is 18.5 Å². The minimum atomic E-state index is -0.295. The van der Waals surface area contributed by atoms with Crippen molar-refractivity contribution in [2.75, 3.05) is 6.54 Å². The van der Waals surface area contributed by atoms with E-state index in [9.17, 15) is 4.79 Å². The maximum absolute atomic E-state index is 12.1. The van der Waals surface area contributed by atoms with Crippen molar-refractivity contribution in [1.82, 2.24) is 44.8 Å². The van der Waals surface area contributed by atoms with Gasteiger partial charge in [0.25, 0.3) is 11.9 Å². The number of H-pyrrole nitrogens is 1. The number of amides is 1. The van der Waals surface area contributed by atoms with Crippen LogP contribution in [0.5, 0.6) is 0 Å². The molecule has 24 heavy (non-hydrogen) atoms. The highest BCUT2D eigenvalue weighted by molar-refractivity contribution is 5.90. The van der Waals surface area contributed by atoms with E-state index in [0.29, 0.717) is 18.4 Å². The summed E-state index contributed by atoms with van der Waals surface area (Å²) in [7, 11) is 0. The molecule has 0 aliphatic rings. The van der Waals surface area contributed by atoms with E-state index in [-0.39, 0.29) is 11.7 Å². The van der Waals surface area contributed by atoms with Gasteiger partial charge in [-0.25, -0.2) is 4.98 Å². The summed E-state index contributed by atoms with van der Waals surface area (Å²) in [6.45, 7) is 5.56. The summed E-state index contributed by atoms with van der Waals surface area (Å²) in [5.41, 5.74) is 0. The molecule has 0 aromatic carbocycles. The summed E-state index contributed by atoms with van der Waals surface area (Å²) in [5, 5.41) is 16.7. The van der Waals surface area contributed by atoms with E-state index in [4.69, 9.17) is 0 Å². The van der Waals surface area contributed by atoms with E-state index in [1.807, 2.05) is 6.20 Å². The summed E-state index contributed by atoms with van der Waals surface area (Å²) in [4.78, 5) is 20.5. The largest absolute Gasteiger partial charge is 0.349 e. The van der Waals surface area contributed by atoms with Gasteiger partial charge in [0, 0.05) is 31.4 Å². The molecule has 3 aromatic rings. The lowest BCUT2D eigenvalue weighted by Crippen LogP contribution is -2.26. The SMILES string of the molecule is CC(C)c1nccn1CCCNC(=O)c1nc(-n2cnnc2)n[nH]1. The first kappa shape index (κ1) is 15.8. The molecule has 0 spiro atoms. The lowest BCUT2D eigenvalue weighted by molar-refractivity contribution is 0.0942. The number of hydrogen-bond donors (Lipinski definition) is 2. The zero-order chi connectivity index (χ0) is 16.9. The van der Waals surface area contributed by atoms with Gasteiger partial charge in [-0.05, 0) is 6.42 Å². The lowest BCUT2D eigenvalue weighted by Gasteiger charge is -2.10. The predicted molar refractivity (Wildman–Crippen MR) is 84.6 cm³/mol. The van der Waals surface area contributed by atoms with Crippen molar-refractivity contribution in [2.24, 2.45) is 0 Å². The lowest BCUT2D eigenvalue weighted by atomic mass is 10.2. The van der Waals surface area contributed by atoms with E-state index < -0.39 is 0 Å². The van der Waals surface area contributed by atoms with Gasteiger partial charge >= 0.3 is 0 Å². The summed E-state index contributed by atoms with van der Waals surface area (Å²) in [5.74, 6) is 1.61. The van der Waals surface area contributed by atoms with Gasteiger partial charge in [-0.3, -0.25) is 14.5 Å². The van der Waals surface area contributed by atoms with E-state index in [0.717, 1.165) is 18.8 Å². The Morgan fingerprint density at radius 1 is 1.33 bits per heavy atom. The van der Waals surface area contributed by atoms with E-state index in [1.165, 1.54) is 17.2 Å². The second-order valence-electron chi connectivity index (χ2n) is 5.60. The van der Waals surface area contributed by atoms with Crippen LogP contribution in [0.25, 0.3) is 5.95 Å². The number of carbonyl (C=O) groups excluding carboxylic acids is 1. The van der Waals surface area contributed by atoms with Crippen LogP contribution in [-0.2, 0) is 6.54 Å². The number of imidazole rings is 1. The average Bonchev–Trinajstić information content (AvgIpc) is 3.31. The van der Waals surface area contributed by atoms with Crippen LogP contribution in [0.15, 0.2) is 25.0 Å². The second-order valence-corrected chi connectivity index (χ2v) is 5.60. The fraction of sp³-hybridized carbons (Fsp3) is 0.429. The summed E-state index contributed by atoms with van der Waals surface area (Å²) in [6, 6.07) is 0. The van der Waals surface area contributed by atoms with Gasteiger partial charge < -0.3 is 9.88 Å². The van der Waals surface area contributed by atoms with Crippen molar-refractivity contribution in [3.05, 3.63) is 36.7 Å². The predicted octanol–water partition coefficient (Wildman–Crippen LogP) is 0.525. The molecule has 3 rings (SSSR count). The van der Waals surface area contributed by atoms with Gasteiger partial charge in [0.05, 0.1) is 0 Å². The molecule has 0 saturated carbocycles. The van der Waals surface area contributed by atoms with Crippen LogP contribution in [0.1, 0.15) is 42.6 Å². The van der Waals surface area contributed by atoms with Crippen LogP contribution in [0.2, 0.25) is 0 Å². The van der Waals surface area contributed by atoms with Gasteiger partial charge in [0.15, 0.2) is 0 Å². The number of aromatic nitrogens is 8. The fourth-order valence-electron chi connectivity index (χ4n) is 2.32. The Balaban J connectivity index is 1.48. The fourth-order valence-corrected chi connectivity index (χ4v) is 2.32. The molecule has 0 fully saturated rings. The average molecular weight is 329 g/mol. The molecule has 10 heteroatoms. The Morgan fingerprint density at radius 2 is 2.12 bits per heavy atom. The number of nitrogens with zero attached hydrogens (tertiary/aromatic N) is 7. The van der Waals surface area contributed by atoms with Crippen molar-refractivity contribution in [2.45, 2.75) is 32.7 Å². The smallest absolute Gasteiger partial charge is 0.288 e.